The number of thiazole rings is 1. The van der Waals surface area contributed by atoms with Crippen LogP contribution in [-0.4, -0.2) is 15.9 Å². The Morgan fingerprint density at radius 3 is 2.89 bits per heavy atom. The van der Waals surface area contributed by atoms with E-state index in [0.29, 0.717) is 16.4 Å². The fourth-order valence-electron chi connectivity index (χ4n) is 1.63. The molecular weight excluding hydrogens is 282 g/mol. The Bertz CT molecular complexity index is 739. The highest BCUT2D eigenvalue weighted by Gasteiger charge is 2.08. The van der Waals surface area contributed by atoms with Crippen LogP contribution in [0.2, 0.25) is 5.02 Å². The van der Waals surface area contributed by atoms with Crippen molar-refractivity contribution < 1.29 is 4.79 Å². The predicted octanol–water partition coefficient (Wildman–Crippen LogP) is 3.60. The highest BCUT2D eigenvalue weighted by molar-refractivity contribution is 7.16. The van der Waals surface area contributed by atoms with Gasteiger partial charge in [0.2, 0.25) is 0 Å². The number of halogens is 1. The summed E-state index contributed by atoms with van der Waals surface area (Å²) in [5.74, 6) is 0.268. The van der Waals surface area contributed by atoms with Crippen LogP contribution < -0.4 is 5.32 Å². The summed E-state index contributed by atoms with van der Waals surface area (Å²) in [6.07, 6.45) is 1.49. The van der Waals surface area contributed by atoms with E-state index in [4.69, 9.17) is 11.6 Å². The maximum absolute atomic E-state index is 12.1. The highest BCUT2D eigenvalue weighted by Crippen LogP contribution is 2.19. The van der Waals surface area contributed by atoms with Gasteiger partial charge in [0, 0.05) is 11.8 Å². The van der Waals surface area contributed by atoms with E-state index in [0.717, 1.165) is 10.2 Å². The maximum Gasteiger partial charge on any atom is 0.256 e. The van der Waals surface area contributed by atoms with Gasteiger partial charge in [-0.3, -0.25) is 4.79 Å². The molecule has 0 atom stereocenters. The number of anilines is 1. The quantitative estimate of drug-likeness (QED) is 0.784. The molecule has 0 aliphatic heterocycles. The summed E-state index contributed by atoms with van der Waals surface area (Å²) in [6.45, 7) is 0. The van der Waals surface area contributed by atoms with Gasteiger partial charge in [0.05, 0.1) is 20.7 Å². The molecule has 0 saturated heterocycles. The van der Waals surface area contributed by atoms with E-state index < -0.39 is 0 Å². The van der Waals surface area contributed by atoms with E-state index in [1.54, 1.807) is 23.7 Å². The Morgan fingerprint density at radius 1 is 1.21 bits per heavy atom. The Balaban J connectivity index is 1.84. The fourth-order valence-corrected chi connectivity index (χ4v) is 2.46. The third kappa shape index (κ3) is 2.57. The Labute approximate surface area is 118 Å². The number of nitrogens with one attached hydrogen (secondary N) is 1. The second kappa shape index (κ2) is 4.95. The molecule has 0 bridgehead atoms. The molecule has 1 amide bonds. The molecule has 2 heterocycles. The standard InChI is InChI=1S/C13H8ClN3OS/c14-9-2-4-12(15-6-9)17-13(18)8-1-3-10-11(5-8)19-7-16-10/h1-7H,(H,15,17,18). The van der Waals surface area contributed by atoms with Crippen molar-refractivity contribution in [3.05, 3.63) is 52.6 Å². The molecule has 3 rings (SSSR count). The van der Waals surface area contributed by atoms with Gasteiger partial charge < -0.3 is 5.32 Å². The number of hydrogen-bond donors (Lipinski definition) is 1. The zero-order chi connectivity index (χ0) is 13.2. The minimum absolute atomic E-state index is 0.204. The summed E-state index contributed by atoms with van der Waals surface area (Å²) in [4.78, 5) is 20.3. The molecule has 0 unspecified atom stereocenters. The van der Waals surface area contributed by atoms with Crippen molar-refractivity contribution in [3.8, 4) is 0 Å². The van der Waals surface area contributed by atoms with E-state index in [-0.39, 0.29) is 5.91 Å². The average Bonchev–Trinajstić information content (AvgIpc) is 2.88. The highest BCUT2D eigenvalue weighted by atomic mass is 35.5. The number of pyridine rings is 1. The molecule has 0 aliphatic rings. The van der Waals surface area contributed by atoms with Gasteiger partial charge in [0.1, 0.15) is 5.82 Å². The van der Waals surface area contributed by atoms with Crippen LogP contribution in [0.1, 0.15) is 10.4 Å². The van der Waals surface area contributed by atoms with Crippen LogP contribution in [-0.2, 0) is 0 Å². The van der Waals surface area contributed by atoms with E-state index in [1.165, 1.54) is 17.5 Å². The Morgan fingerprint density at radius 2 is 2.11 bits per heavy atom. The van der Waals surface area contributed by atoms with Gasteiger partial charge in [-0.2, -0.15) is 0 Å². The molecule has 4 nitrogen and oxygen atoms in total. The first kappa shape index (κ1) is 12.1. The maximum atomic E-state index is 12.1. The number of aromatic nitrogens is 2. The van der Waals surface area contributed by atoms with Crippen molar-refractivity contribution in [2.45, 2.75) is 0 Å². The van der Waals surface area contributed by atoms with Crippen molar-refractivity contribution in [2.75, 3.05) is 5.32 Å². The van der Waals surface area contributed by atoms with Gasteiger partial charge in [-0.15, -0.1) is 11.3 Å². The van der Waals surface area contributed by atoms with Crippen molar-refractivity contribution in [3.63, 3.8) is 0 Å². The van der Waals surface area contributed by atoms with Crippen molar-refractivity contribution in [1.29, 1.82) is 0 Å². The molecule has 0 fully saturated rings. The minimum Gasteiger partial charge on any atom is -0.307 e. The van der Waals surface area contributed by atoms with Crippen molar-refractivity contribution in [2.24, 2.45) is 0 Å². The van der Waals surface area contributed by atoms with E-state index in [1.807, 2.05) is 12.1 Å². The van der Waals surface area contributed by atoms with E-state index in [9.17, 15) is 4.79 Å². The second-order valence-electron chi connectivity index (χ2n) is 3.85. The summed E-state index contributed by atoms with van der Waals surface area (Å²) in [5.41, 5.74) is 3.23. The smallest absolute Gasteiger partial charge is 0.256 e. The SMILES string of the molecule is O=C(Nc1ccc(Cl)cn1)c1ccc2ncsc2c1. The molecule has 0 saturated carbocycles. The Hall–Kier alpha value is -1.98. The lowest BCUT2D eigenvalue weighted by Gasteiger charge is -2.04. The second-order valence-corrected chi connectivity index (χ2v) is 5.17. The topological polar surface area (TPSA) is 54.9 Å². The molecule has 0 spiro atoms. The zero-order valence-corrected chi connectivity index (χ0v) is 11.2. The largest absolute Gasteiger partial charge is 0.307 e. The third-order valence-electron chi connectivity index (χ3n) is 2.56. The lowest BCUT2D eigenvalue weighted by Crippen LogP contribution is -2.12. The molecule has 0 aliphatic carbocycles. The molecule has 6 heteroatoms. The van der Waals surface area contributed by atoms with Crippen LogP contribution >= 0.6 is 22.9 Å². The fraction of sp³-hybridized carbons (Fsp3) is 0. The number of benzene rings is 1. The van der Waals surface area contributed by atoms with Crippen LogP contribution in [0.4, 0.5) is 5.82 Å². The number of fused-ring (bicyclic) bond motifs is 1. The number of carbonyl (C=O) groups excluding carboxylic acids is 1. The van der Waals surface area contributed by atoms with Gasteiger partial charge in [-0.25, -0.2) is 9.97 Å². The lowest BCUT2D eigenvalue weighted by atomic mass is 10.2. The van der Waals surface area contributed by atoms with Crippen molar-refractivity contribution >= 4 is 44.9 Å². The average molecular weight is 290 g/mol. The van der Waals surface area contributed by atoms with Gasteiger partial charge >= 0.3 is 0 Å². The first-order valence-electron chi connectivity index (χ1n) is 5.48. The van der Waals surface area contributed by atoms with Crippen LogP contribution in [0.3, 0.4) is 0 Å². The third-order valence-corrected chi connectivity index (χ3v) is 3.58. The first-order valence-corrected chi connectivity index (χ1v) is 6.74. The summed E-state index contributed by atoms with van der Waals surface area (Å²) < 4.78 is 0.983. The van der Waals surface area contributed by atoms with Crippen LogP contribution in [0.15, 0.2) is 42.0 Å². The van der Waals surface area contributed by atoms with Crippen LogP contribution in [0.5, 0.6) is 0 Å². The minimum atomic E-state index is -0.204. The van der Waals surface area contributed by atoms with Gasteiger partial charge in [-0.05, 0) is 30.3 Å². The molecule has 19 heavy (non-hydrogen) atoms. The van der Waals surface area contributed by atoms with E-state index in [2.05, 4.69) is 15.3 Å². The lowest BCUT2D eigenvalue weighted by molar-refractivity contribution is 0.102. The van der Waals surface area contributed by atoms with Crippen LogP contribution in [0.25, 0.3) is 10.2 Å². The first-order chi connectivity index (χ1) is 9.22. The summed E-state index contributed by atoms with van der Waals surface area (Å²) in [5, 5.41) is 3.25. The molecule has 2 aromatic heterocycles. The molecule has 94 valence electrons. The van der Waals surface area contributed by atoms with E-state index >= 15 is 0 Å². The van der Waals surface area contributed by atoms with Gasteiger partial charge in [0.25, 0.3) is 5.91 Å². The number of amides is 1. The summed E-state index contributed by atoms with van der Waals surface area (Å²) >= 11 is 7.24. The number of nitrogens with zero attached hydrogens (tertiary/aromatic N) is 2. The molecular formula is C13H8ClN3OS. The van der Waals surface area contributed by atoms with Gasteiger partial charge in [0.15, 0.2) is 0 Å². The zero-order valence-electron chi connectivity index (χ0n) is 9.63. The molecule has 1 N–H and O–H groups in total. The number of rotatable bonds is 2. The number of hydrogen-bond acceptors (Lipinski definition) is 4. The monoisotopic (exact) mass is 289 g/mol. The van der Waals surface area contributed by atoms with Crippen molar-refractivity contribution in [1.82, 2.24) is 9.97 Å². The van der Waals surface area contributed by atoms with Gasteiger partial charge in [-0.1, -0.05) is 11.6 Å². The number of carbonyl (C=O) groups is 1. The molecule has 0 radical (unpaired) electrons. The summed E-state index contributed by atoms with van der Waals surface area (Å²) in [7, 11) is 0. The molecule has 1 aromatic carbocycles. The summed E-state index contributed by atoms with van der Waals surface area (Å²) in [6, 6.07) is 8.73. The molecule has 3 aromatic rings. The Kier molecular flexibility index (Phi) is 3.15. The van der Waals surface area contributed by atoms with Crippen LogP contribution in [0, 0.1) is 0 Å². The predicted molar refractivity (Wildman–Crippen MR) is 76.8 cm³/mol. The normalized spacial score (nSPS) is 10.6.